The molecule has 0 aromatic heterocycles. The van der Waals surface area contributed by atoms with Crippen LogP contribution in [0.1, 0.15) is 53.4 Å². The van der Waals surface area contributed by atoms with Crippen molar-refractivity contribution in [2.75, 3.05) is 33.5 Å². The first-order valence-electron chi connectivity index (χ1n) is 10.8. The third-order valence-corrected chi connectivity index (χ3v) is 6.88. The van der Waals surface area contributed by atoms with E-state index in [-0.39, 0.29) is 32.3 Å². The van der Waals surface area contributed by atoms with Crippen molar-refractivity contribution in [1.29, 1.82) is 0 Å². The van der Waals surface area contributed by atoms with Crippen molar-refractivity contribution in [2.24, 2.45) is 16.7 Å². The molecule has 2 aliphatic rings. The van der Waals surface area contributed by atoms with Crippen molar-refractivity contribution >= 4 is 23.9 Å². The van der Waals surface area contributed by atoms with E-state index < -0.39 is 40.3 Å². The minimum Gasteiger partial charge on any atom is -0.466 e. The van der Waals surface area contributed by atoms with Gasteiger partial charge in [-0.3, -0.25) is 19.2 Å². The molecule has 0 N–H and O–H groups in total. The highest BCUT2D eigenvalue weighted by molar-refractivity contribution is 5.67. The second-order valence-electron chi connectivity index (χ2n) is 8.59. The number of rotatable bonds is 9. The van der Waals surface area contributed by atoms with Crippen LogP contribution in [-0.2, 0) is 42.9 Å². The van der Waals surface area contributed by atoms with Gasteiger partial charge >= 0.3 is 23.9 Å². The molecule has 2 rings (SSSR count). The van der Waals surface area contributed by atoms with Crippen LogP contribution in [0.2, 0.25) is 0 Å². The van der Waals surface area contributed by atoms with Crippen LogP contribution in [0.15, 0.2) is 12.2 Å². The number of ether oxygens (including phenoxy) is 5. The summed E-state index contributed by atoms with van der Waals surface area (Å²) in [5.41, 5.74) is -2.72. The average Bonchev–Trinajstić information content (AvgIpc) is 3.27. The van der Waals surface area contributed by atoms with E-state index in [1.54, 1.807) is 0 Å². The number of carbonyl (C=O) groups excluding carboxylic acids is 4. The summed E-state index contributed by atoms with van der Waals surface area (Å²) in [7, 11) is 1.52. The summed E-state index contributed by atoms with van der Waals surface area (Å²) >= 11 is 0. The van der Waals surface area contributed by atoms with Gasteiger partial charge in [-0.15, -0.1) is 0 Å². The first-order chi connectivity index (χ1) is 15.1. The SMILES string of the molecule is CO[C@]1(COC(C)=O)C/C=C\CCC[C@]2(COC(C)=O)[C@@H](COC(C)=O)[C@@]12COC(C)=O. The number of esters is 4. The fourth-order valence-corrected chi connectivity index (χ4v) is 5.40. The lowest BCUT2D eigenvalue weighted by atomic mass is 9.74. The quantitative estimate of drug-likeness (QED) is 0.294. The van der Waals surface area contributed by atoms with Crippen LogP contribution < -0.4 is 0 Å². The van der Waals surface area contributed by atoms with Gasteiger partial charge in [-0.2, -0.15) is 0 Å². The van der Waals surface area contributed by atoms with Crippen LogP contribution in [0, 0.1) is 16.7 Å². The lowest BCUT2D eigenvalue weighted by Gasteiger charge is -2.42. The van der Waals surface area contributed by atoms with E-state index in [9.17, 15) is 19.2 Å². The monoisotopic (exact) mass is 454 g/mol. The zero-order valence-electron chi connectivity index (χ0n) is 19.6. The number of allylic oxidation sites excluding steroid dienone is 1. The van der Waals surface area contributed by atoms with Gasteiger partial charge in [0, 0.05) is 46.1 Å². The first kappa shape index (κ1) is 25.8. The van der Waals surface area contributed by atoms with Gasteiger partial charge in [0.25, 0.3) is 0 Å². The molecular formula is C23H34O9. The van der Waals surface area contributed by atoms with Crippen LogP contribution in [-0.4, -0.2) is 63.0 Å². The van der Waals surface area contributed by atoms with Crippen molar-refractivity contribution in [3.05, 3.63) is 12.2 Å². The van der Waals surface area contributed by atoms with Crippen molar-refractivity contribution < 1.29 is 42.9 Å². The molecule has 2 aliphatic carbocycles. The molecule has 0 saturated heterocycles. The zero-order valence-corrected chi connectivity index (χ0v) is 19.6. The van der Waals surface area contributed by atoms with Crippen molar-refractivity contribution in [3.63, 3.8) is 0 Å². The Morgan fingerprint density at radius 1 is 0.812 bits per heavy atom. The summed E-state index contributed by atoms with van der Waals surface area (Å²) in [6.45, 7) is 5.19. The maximum absolute atomic E-state index is 11.8. The molecule has 32 heavy (non-hydrogen) atoms. The Bertz CT molecular complexity index is 761. The summed E-state index contributed by atoms with van der Waals surface area (Å²) in [5.74, 6) is -2.20. The summed E-state index contributed by atoms with van der Waals surface area (Å²) in [6, 6.07) is 0. The van der Waals surface area contributed by atoms with Crippen LogP contribution in [0.5, 0.6) is 0 Å². The molecule has 0 heterocycles. The van der Waals surface area contributed by atoms with Gasteiger partial charge in [-0.25, -0.2) is 0 Å². The normalized spacial score (nSPS) is 32.2. The number of methoxy groups -OCH3 is 1. The minimum absolute atomic E-state index is 0.0345. The average molecular weight is 455 g/mol. The number of carbonyl (C=O) groups is 4. The van der Waals surface area contributed by atoms with Gasteiger partial charge < -0.3 is 23.7 Å². The van der Waals surface area contributed by atoms with Crippen LogP contribution in [0.3, 0.4) is 0 Å². The molecule has 0 spiro atoms. The molecule has 4 atom stereocenters. The molecule has 1 fully saturated rings. The maximum Gasteiger partial charge on any atom is 0.302 e. The van der Waals surface area contributed by atoms with Crippen molar-refractivity contribution in [3.8, 4) is 0 Å². The molecule has 0 aliphatic heterocycles. The van der Waals surface area contributed by atoms with Gasteiger partial charge in [0.05, 0.1) is 18.6 Å². The van der Waals surface area contributed by atoms with Crippen LogP contribution in [0.4, 0.5) is 0 Å². The topological polar surface area (TPSA) is 114 Å². The third-order valence-electron chi connectivity index (χ3n) is 6.88. The van der Waals surface area contributed by atoms with Gasteiger partial charge in [0.15, 0.2) is 0 Å². The second-order valence-corrected chi connectivity index (χ2v) is 8.59. The predicted molar refractivity (Wildman–Crippen MR) is 112 cm³/mol. The summed E-state index contributed by atoms with van der Waals surface area (Å²) in [6.07, 6.45) is 6.56. The molecule has 0 radical (unpaired) electrons. The van der Waals surface area contributed by atoms with E-state index in [0.717, 1.165) is 12.8 Å². The largest absolute Gasteiger partial charge is 0.466 e. The Balaban J connectivity index is 2.66. The highest BCUT2D eigenvalue weighted by Crippen LogP contribution is 2.77. The Labute approximate surface area is 188 Å². The zero-order chi connectivity index (χ0) is 24.0. The first-order valence-corrected chi connectivity index (χ1v) is 10.8. The molecule has 0 amide bonds. The van der Waals surface area contributed by atoms with Crippen LogP contribution in [0.25, 0.3) is 0 Å². The van der Waals surface area contributed by atoms with Crippen molar-refractivity contribution in [1.82, 2.24) is 0 Å². The van der Waals surface area contributed by atoms with Gasteiger partial charge in [-0.05, 0) is 25.7 Å². The molecule has 0 aromatic rings. The van der Waals surface area contributed by atoms with E-state index in [1.165, 1.54) is 34.8 Å². The standard InChI is InChI=1S/C23H34O9/c1-16(24)29-12-20-21(13-30-17(2)25)10-8-6-7-9-11-22(28-5,14-31-18(3)26)23(20,21)15-32-19(4)27/h7,9,20H,6,8,10-15H2,1-5H3/b9-7-/t20-,21+,22+,23-/m1/s1. The molecular weight excluding hydrogens is 420 g/mol. The summed E-state index contributed by atoms with van der Waals surface area (Å²) in [4.78, 5) is 47.0. The van der Waals surface area contributed by atoms with Crippen molar-refractivity contribution in [2.45, 2.75) is 59.0 Å². The van der Waals surface area contributed by atoms with Gasteiger partial charge in [-0.1, -0.05) is 12.2 Å². The third kappa shape index (κ3) is 4.98. The Hall–Kier alpha value is -2.42. The lowest BCUT2D eigenvalue weighted by molar-refractivity contribution is -0.178. The highest BCUT2D eigenvalue weighted by Gasteiger charge is 2.84. The number of hydrogen-bond acceptors (Lipinski definition) is 9. The Morgan fingerprint density at radius 2 is 1.38 bits per heavy atom. The summed E-state index contributed by atoms with van der Waals surface area (Å²) in [5, 5.41) is 0. The van der Waals surface area contributed by atoms with E-state index >= 15 is 0 Å². The van der Waals surface area contributed by atoms with E-state index in [2.05, 4.69) is 0 Å². The molecule has 9 nitrogen and oxygen atoms in total. The smallest absolute Gasteiger partial charge is 0.302 e. The fourth-order valence-electron chi connectivity index (χ4n) is 5.40. The predicted octanol–water partition coefficient (Wildman–Crippen LogP) is 2.36. The van der Waals surface area contributed by atoms with E-state index in [1.807, 2.05) is 12.2 Å². The maximum atomic E-state index is 11.8. The molecule has 180 valence electrons. The number of hydrogen-bond donors (Lipinski definition) is 0. The fraction of sp³-hybridized carbons (Fsp3) is 0.739. The molecule has 0 bridgehead atoms. The second kappa shape index (κ2) is 10.5. The Kier molecular flexibility index (Phi) is 8.45. The highest BCUT2D eigenvalue weighted by atomic mass is 16.6. The van der Waals surface area contributed by atoms with Gasteiger partial charge in [0.1, 0.15) is 18.8 Å². The summed E-state index contributed by atoms with van der Waals surface area (Å²) < 4.78 is 27.9. The van der Waals surface area contributed by atoms with Crippen LogP contribution >= 0.6 is 0 Å². The molecule has 0 aromatic carbocycles. The minimum atomic E-state index is -1.10. The lowest BCUT2D eigenvalue weighted by Crippen LogP contribution is -2.52. The molecule has 0 unspecified atom stereocenters. The number of fused-ring (bicyclic) bond motifs is 1. The van der Waals surface area contributed by atoms with Gasteiger partial charge in [0.2, 0.25) is 0 Å². The molecule has 9 heteroatoms. The van der Waals surface area contributed by atoms with E-state index in [4.69, 9.17) is 23.7 Å². The molecule has 1 saturated carbocycles. The Morgan fingerprint density at radius 3 is 1.94 bits per heavy atom. The van der Waals surface area contributed by atoms with E-state index in [0.29, 0.717) is 12.8 Å².